The lowest BCUT2D eigenvalue weighted by Crippen LogP contribution is -2.40. The minimum Gasteiger partial charge on any atom is -0.494 e. The van der Waals surface area contributed by atoms with Gasteiger partial charge in [-0.25, -0.2) is 8.42 Å². The predicted molar refractivity (Wildman–Crippen MR) is 118 cm³/mol. The van der Waals surface area contributed by atoms with Gasteiger partial charge >= 0.3 is 0 Å². The average Bonchev–Trinajstić information content (AvgIpc) is 2.76. The zero-order valence-electron chi connectivity index (χ0n) is 17.4. The molecular formula is C21H25ClN2O6S. The molecule has 2 aromatic rings. The van der Waals surface area contributed by atoms with Crippen molar-refractivity contribution in [2.24, 2.45) is 0 Å². The summed E-state index contributed by atoms with van der Waals surface area (Å²) >= 11 is 6.23. The molecule has 1 saturated heterocycles. The molecule has 0 bridgehead atoms. The van der Waals surface area contributed by atoms with Crippen molar-refractivity contribution < 1.29 is 27.4 Å². The van der Waals surface area contributed by atoms with E-state index in [1.54, 1.807) is 18.2 Å². The summed E-state index contributed by atoms with van der Waals surface area (Å²) in [6, 6.07) is 9.18. The quantitative estimate of drug-likeness (QED) is 0.638. The fraction of sp³-hybridized carbons (Fsp3) is 0.381. The first kappa shape index (κ1) is 23.3. The van der Waals surface area contributed by atoms with Gasteiger partial charge in [0.25, 0.3) is 5.91 Å². The summed E-state index contributed by atoms with van der Waals surface area (Å²) in [6.07, 6.45) is 0. The molecule has 31 heavy (non-hydrogen) atoms. The van der Waals surface area contributed by atoms with Crippen LogP contribution in [0.1, 0.15) is 24.2 Å². The Hall–Kier alpha value is -2.33. The Morgan fingerprint density at radius 1 is 1.10 bits per heavy atom. The van der Waals surface area contributed by atoms with E-state index in [0.717, 1.165) is 0 Å². The maximum atomic E-state index is 13.0. The van der Waals surface area contributed by atoms with Gasteiger partial charge in [-0.05, 0) is 44.2 Å². The molecule has 1 N–H and O–H groups in total. The van der Waals surface area contributed by atoms with Gasteiger partial charge < -0.3 is 19.5 Å². The van der Waals surface area contributed by atoms with Crippen molar-refractivity contribution in [3.63, 3.8) is 0 Å². The number of morpholine rings is 1. The number of amides is 1. The summed E-state index contributed by atoms with van der Waals surface area (Å²) in [6.45, 7) is 5.74. The molecule has 0 unspecified atom stereocenters. The van der Waals surface area contributed by atoms with Crippen LogP contribution in [-0.2, 0) is 14.8 Å². The number of nitrogens with one attached hydrogen (secondary N) is 1. The Morgan fingerprint density at radius 2 is 1.81 bits per heavy atom. The molecule has 0 atom stereocenters. The number of carbonyl (C=O) groups is 1. The van der Waals surface area contributed by atoms with Crippen molar-refractivity contribution in [1.82, 2.24) is 4.31 Å². The zero-order chi connectivity index (χ0) is 22.4. The van der Waals surface area contributed by atoms with Crippen LogP contribution in [-0.4, -0.2) is 58.1 Å². The molecule has 0 radical (unpaired) electrons. The first-order chi connectivity index (χ1) is 14.9. The lowest BCUT2D eigenvalue weighted by molar-refractivity contribution is 0.0730. The van der Waals surface area contributed by atoms with Gasteiger partial charge in [-0.15, -0.1) is 0 Å². The molecule has 1 heterocycles. The molecule has 2 aromatic carbocycles. The Bertz CT molecular complexity index is 1040. The zero-order valence-corrected chi connectivity index (χ0v) is 19.0. The largest absolute Gasteiger partial charge is 0.494 e. The third kappa shape index (κ3) is 5.48. The fourth-order valence-corrected chi connectivity index (χ4v) is 4.75. The molecule has 1 aliphatic rings. The first-order valence-electron chi connectivity index (χ1n) is 9.95. The number of benzene rings is 2. The van der Waals surface area contributed by atoms with E-state index in [1.807, 2.05) is 13.8 Å². The van der Waals surface area contributed by atoms with Gasteiger partial charge in [0, 0.05) is 19.2 Å². The van der Waals surface area contributed by atoms with Crippen molar-refractivity contribution in [3.8, 4) is 11.5 Å². The summed E-state index contributed by atoms with van der Waals surface area (Å²) in [5.74, 6) is 0.474. The third-order valence-corrected chi connectivity index (χ3v) is 6.82. The highest BCUT2D eigenvalue weighted by molar-refractivity contribution is 7.89. The molecule has 1 amide bonds. The van der Waals surface area contributed by atoms with Gasteiger partial charge in [0.15, 0.2) is 0 Å². The highest BCUT2D eigenvalue weighted by atomic mass is 35.5. The maximum absolute atomic E-state index is 13.0. The molecule has 0 aromatic heterocycles. The number of rotatable bonds is 8. The SMILES string of the molecule is CCOc1ccc(OCC)c(NC(=O)c2cc(S(=O)(=O)N3CCOCC3)ccc2Cl)c1. The molecule has 8 nitrogen and oxygen atoms in total. The van der Waals surface area contributed by atoms with Crippen LogP contribution in [0.3, 0.4) is 0 Å². The third-order valence-electron chi connectivity index (χ3n) is 4.60. The minimum atomic E-state index is -3.77. The smallest absolute Gasteiger partial charge is 0.257 e. The molecule has 168 valence electrons. The molecule has 3 rings (SSSR count). The summed E-state index contributed by atoms with van der Waals surface area (Å²) < 4.78 is 43.5. The van der Waals surface area contributed by atoms with Gasteiger partial charge in [0.05, 0.1) is 47.6 Å². The Labute approximate surface area is 187 Å². The molecular weight excluding hydrogens is 444 g/mol. The van der Waals surface area contributed by atoms with Crippen LogP contribution in [0, 0.1) is 0 Å². The van der Waals surface area contributed by atoms with Crippen LogP contribution < -0.4 is 14.8 Å². The summed E-state index contributed by atoms with van der Waals surface area (Å²) in [4.78, 5) is 13.0. The van der Waals surface area contributed by atoms with Crippen LogP contribution in [0.4, 0.5) is 5.69 Å². The second kappa shape index (κ2) is 10.3. The van der Waals surface area contributed by atoms with E-state index in [0.29, 0.717) is 43.6 Å². The monoisotopic (exact) mass is 468 g/mol. The number of hydrogen-bond acceptors (Lipinski definition) is 6. The van der Waals surface area contributed by atoms with Crippen LogP contribution in [0.25, 0.3) is 0 Å². The van der Waals surface area contributed by atoms with E-state index < -0.39 is 15.9 Å². The van der Waals surface area contributed by atoms with E-state index in [-0.39, 0.29) is 28.6 Å². The minimum absolute atomic E-state index is 0.00273. The summed E-state index contributed by atoms with van der Waals surface area (Å²) in [5, 5.41) is 2.89. The molecule has 0 spiro atoms. The van der Waals surface area contributed by atoms with Gasteiger partial charge in [-0.3, -0.25) is 4.79 Å². The van der Waals surface area contributed by atoms with Crippen LogP contribution in [0.5, 0.6) is 11.5 Å². The van der Waals surface area contributed by atoms with Gasteiger partial charge in [0.1, 0.15) is 11.5 Å². The Balaban J connectivity index is 1.90. The van der Waals surface area contributed by atoms with E-state index >= 15 is 0 Å². The van der Waals surface area contributed by atoms with Gasteiger partial charge in [0.2, 0.25) is 10.0 Å². The summed E-state index contributed by atoms with van der Waals surface area (Å²) in [7, 11) is -3.77. The van der Waals surface area contributed by atoms with Crippen molar-refractivity contribution in [2.75, 3.05) is 44.8 Å². The molecule has 10 heteroatoms. The van der Waals surface area contributed by atoms with E-state index in [1.165, 1.54) is 22.5 Å². The number of carbonyl (C=O) groups excluding carboxylic acids is 1. The summed E-state index contributed by atoms with van der Waals surface area (Å²) in [5.41, 5.74) is 0.440. The molecule has 0 aliphatic carbocycles. The highest BCUT2D eigenvalue weighted by Gasteiger charge is 2.27. The van der Waals surface area contributed by atoms with Crippen molar-refractivity contribution >= 4 is 33.2 Å². The van der Waals surface area contributed by atoms with Crippen LogP contribution >= 0.6 is 11.6 Å². The number of anilines is 1. The standard InChI is InChI=1S/C21H25ClN2O6S/c1-3-29-15-5-8-20(30-4-2)19(13-15)23-21(25)17-14-16(6-7-18(17)22)31(26,27)24-9-11-28-12-10-24/h5-8,13-14H,3-4,9-12H2,1-2H3,(H,23,25). The molecule has 0 saturated carbocycles. The van der Waals surface area contributed by atoms with Gasteiger partial charge in [-0.2, -0.15) is 4.31 Å². The lowest BCUT2D eigenvalue weighted by atomic mass is 10.2. The topological polar surface area (TPSA) is 94.2 Å². The second-order valence-electron chi connectivity index (χ2n) is 6.64. The molecule has 1 aliphatic heterocycles. The Kier molecular flexibility index (Phi) is 7.77. The first-order valence-corrected chi connectivity index (χ1v) is 11.8. The molecule has 1 fully saturated rings. The normalized spacial score (nSPS) is 14.8. The van der Waals surface area contributed by atoms with Crippen molar-refractivity contribution in [1.29, 1.82) is 0 Å². The number of ether oxygens (including phenoxy) is 3. The Morgan fingerprint density at radius 3 is 2.48 bits per heavy atom. The maximum Gasteiger partial charge on any atom is 0.257 e. The number of sulfonamides is 1. The van der Waals surface area contributed by atoms with Crippen molar-refractivity contribution in [2.45, 2.75) is 18.7 Å². The number of nitrogens with zero attached hydrogens (tertiary/aromatic N) is 1. The van der Waals surface area contributed by atoms with Crippen LogP contribution in [0.15, 0.2) is 41.3 Å². The average molecular weight is 469 g/mol. The second-order valence-corrected chi connectivity index (χ2v) is 8.98. The fourth-order valence-electron chi connectivity index (χ4n) is 3.11. The number of hydrogen-bond donors (Lipinski definition) is 1. The highest BCUT2D eigenvalue weighted by Crippen LogP contribution is 2.31. The van der Waals surface area contributed by atoms with E-state index in [9.17, 15) is 13.2 Å². The van der Waals surface area contributed by atoms with Crippen LogP contribution in [0.2, 0.25) is 5.02 Å². The lowest BCUT2D eigenvalue weighted by Gasteiger charge is -2.26. The van der Waals surface area contributed by atoms with E-state index in [4.69, 9.17) is 25.8 Å². The van der Waals surface area contributed by atoms with Crippen molar-refractivity contribution in [3.05, 3.63) is 47.0 Å². The van der Waals surface area contributed by atoms with Gasteiger partial charge in [-0.1, -0.05) is 11.6 Å². The predicted octanol–water partition coefficient (Wildman–Crippen LogP) is 3.41. The van der Waals surface area contributed by atoms with E-state index in [2.05, 4.69) is 5.32 Å². The number of halogens is 1.